The summed E-state index contributed by atoms with van der Waals surface area (Å²) in [4.78, 5) is 18.8. The predicted octanol–water partition coefficient (Wildman–Crippen LogP) is 1.62. The second-order valence-corrected chi connectivity index (χ2v) is 4.71. The van der Waals surface area contributed by atoms with Crippen molar-refractivity contribution >= 4 is 0 Å². The maximum absolute atomic E-state index is 13.1. The fraction of sp³-hybridized carbons (Fsp3) is 0.333. The first-order valence-electron chi connectivity index (χ1n) is 6.66. The molecule has 0 radical (unpaired) electrons. The molecule has 0 atom stereocenters. The number of aryl methyl sites for hydroxylation is 1. The van der Waals surface area contributed by atoms with Crippen molar-refractivity contribution < 1.29 is 9.13 Å². The van der Waals surface area contributed by atoms with Crippen molar-refractivity contribution in [2.45, 2.75) is 13.5 Å². The molecule has 0 fully saturated rings. The number of halogens is 1. The van der Waals surface area contributed by atoms with Gasteiger partial charge >= 0.3 is 0 Å². The first-order valence-corrected chi connectivity index (χ1v) is 6.66. The zero-order valence-corrected chi connectivity index (χ0v) is 12.1. The van der Waals surface area contributed by atoms with Gasteiger partial charge in [-0.2, -0.15) is 0 Å². The van der Waals surface area contributed by atoms with E-state index in [1.54, 1.807) is 20.1 Å². The van der Waals surface area contributed by atoms with Crippen LogP contribution in [0, 0.1) is 12.7 Å². The number of H-pyrrole nitrogens is 1. The van der Waals surface area contributed by atoms with Gasteiger partial charge in [-0.05, 0) is 30.7 Å². The smallest absolute Gasteiger partial charge is 0.251 e. The molecule has 0 saturated heterocycles. The summed E-state index contributed by atoms with van der Waals surface area (Å²) >= 11 is 0. The van der Waals surface area contributed by atoms with Gasteiger partial charge in [-0.1, -0.05) is 0 Å². The second kappa shape index (κ2) is 7.10. The molecule has 0 amide bonds. The molecule has 0 aliphatic carbocycles. The summed E-state index contributed by atoms with van der Waals surface area (Å²) in [5, 5.41) is 3.13. The number of methoxy groups -OCH3 is 1. The van der Waals surface area contributed by atoms with E-state index in [0.29, 0.717) is 36.8 Å². The molecule has 0 bridgehead atoms. The largest absolute Gasteiger partial charge is 0.383 e. The summed E-state index contributed by atoms with van der Waals surface area (Å²) in [5.41, 5.74) is 1.84. The lowest BCUT2D eigenvalue weighted by atomic mass is 10.1. The zero-order valence-electron chi connectivity index (χ0n) is 12.1. The first kappa shape index (κ1) is 15.3. The lowest BCUT2D eigenvalue weighted by Gasteiger charge is -2.08. The topological polar surface area (TPSA) is 67.0 Å². The van der Waals surface area contributed by atoms with Crippen LogP contribution < -0.4 is 10.9 Å². The molecule has 112 valence electrons. The van der Waals surface area contributed by atoms with E-state index >= 15 is 0 Å². The molecule has 2 N–H and O–H groups in total. The zero-order chi connectivity index (χ0) is 15.2. The maximum atomic E-state index is 13.1. The third-order valence-corrected chi connectivity index (χ3v) is 3.03. The molecule has 1 heterocycles. The van der Waals surface area contributed by atoms with E-state index < -0.39 is 0 Å². The highest BCUT2D eigenvalue weighted by Crippen LogP contribution is 2.19. The highest BCUT2D eigenvalue weighted by Gasteiger charge is 2.07. The van der Waals surface area contributed by atoms with Crippen LogP contribution in [0.1, 0.15) is 11.3 Å². The Balaban J connectivity index is 2.24. The fourth-order valence-electron chi connectivity index (χ4n) is 2.01. The van der Waals surface area contributed by atoms with Crippen LogP contribution in [-0.2, 0) is 11.3 Å². The summed E-state index contributed by atoms with van der Waals surface area (Å²) in [5.74, 6) is 0.138. The molecule has 1 aromatic carbocycles. The Morgan fingerprint density at radius 2 is 2.19 bits per heavy atom. The average Bonchev–Trinajstić information content (AvgIpc) is 2.43. The van der Waals surface area contributed by atoms with Crippen LogP contribution >= 0.6 is 0 Å². The van der Waals surface area contributed by atoms with Crippen LogP contribution in [0.4, 0.5) is 4.39 Å². The summed E-state index contributed by atoms with van der Waals surface area (Å²) in [6.45, 7) is 3.52. The van der Waals surface area contributed by atoms with Crippen LogP contribution in [0.15, 0.2) is 29.1 Å². The summed E-state index contributed by atoms with van der Waals surface area (Å²) in [6.07, 6.45) is 0. The molecule has 0 saturated carbocycles. The minimum atomic E-state index is -0.309. The third-order valence-electron chi connectivity index (χ3n) is 3.03. The van der Waals surface area contributed by atoms with E-state index in [9.17, 15) is 9.18 Å². The third kappa shape index (κ3) is 4.21. The second-order valence-electron chi connectivity index (χ2n) is 4.71. The molecule has 21 heavy (non-hydrogen) atoms. The van der Waals surface area contributed by atoms with Crippen molar-refractivity contribution in [2.24, 2.45) is 0 Å². The number of aromatic nitrogens is 2. The quantitative estimate of drug-likeness (QED) is 0.794. The molecule has 1 aromatic heterocycles. The van der Waals surface area contributed by atoms with Gasteiger partial charge in [0, 0.05) is 31.8 Å². The number of benzene rings is 1. The number of aromatic amines is 1. The van der Waals surface area contributed by atoms with E-state index in [0.717, 1.165) is 5.56 Å². The van der Waals surface area contributed by atoms with Gasteiger partial charge < -0.3 is 15.0 Å². The highest BCUT2D eigenvalue weighted by molar-refractivity contribution is 5.59. The van der Waals surface area contributed by atoms with Crippen LogP contribution in [0.2, 0.25) is 0 Å². The standard InChI is InChI=1S/C15H18FN3O2/c1-10-7-11(16)3-4-13(10)15-18-12(8-14(20)19-15)9-17-5-6-21-2/h3-4,7-8,17H,5-6,9H2,1-2H3,(H,18,19,20). The van der Waals surface area contributed by atoms with Crippen molar-refractivity contribution in [1.29, 1.82) is 0 Å². The van der Waals surface area contributed by atoms with Crippen LogP contribution in [0.25, 0.3) is 11.4 Å². The summed E-state index contributed by atoms with van der Waals surface area (Å²) in [7, 11) is 1.63. The number of hydrogen-bond donors (Lipinski definition) is 2. The minimum Gasteiger partial charge on any atom is -0.383 e. The van der Waals surface area contributed by atoms with E-state index in [2.05, 4.69) is 15.3 Å². The number of rotatable bonds is 6. The highest BCUT2D eigenvalue weighted by atomic mass is 19.1. The monoisotopic (exact) mass is 291 g/mol. The summed E-state index contributed by atoms with van der Waals surface area (Å²) < 4.78 is 18.1. The lowest BCUT2D eigenvalue weighted by molar-refractivity contribution is 0.199. The number of nitrogens with zero attached hydrogens (tertiary/aromatic N) is 1. The summed E-state index contributed by atoms with van der Waals surface area (Å²) in [6, 6.07) is 5.83. The van der Waals surface area contributed by atoms with Gasteiger partial charge in [0.1, 0.15) is 11.6 Å². The van der Waals surface area contributed by atoms with Gasteiger partial charge in [-0.25, -0.2) is 9.37 Å². The van der Waals surface area contributed by atoms with Gasteiger partial charge in [0.25, 0.3) is 5.56 Å². The van der Waals surface area contributed by atoms with Crippen molar-refractivity contribution in [3.8, 4) is 11.4 Å². The van der Waals surface area contributed by atoms with Gasteiger partial charge in [0.05, 0.1) is 12.3 Å². The Hall–Kier alpha value is -2.05. The van der Waals surface area contributed by atoms with Crippen molar-refractivity contribution in [3.63, 3.8) is 0 Å². The normalized spacial score (nSPS) is 10.8. The SMILES string of the molecule is COCCNCc1cc(=O)[nH]c(-c2ccc(F)cc2C)n1. The van der Waals surface area contributed by atoms with Crippen LogP contribution in [-0.4, -0.2) is 30.2 Å². The average molecular weight is 291 g/mol. The van der Waals surface area contributed by atoms with Crippen molar-refractivity contribution in [3.05, 3.63) is 51.7 Å². The number of nitrogens with one attached hydrogen (secondary N) is 2. The number of ether oxygens (including phenoxy) is 1. The van der Waals surface area contributed by atoms with E-state index in [1.165, 1.54) is 18.2 Å². The molecule has 6 heteroatoms. The molecule has 0 aliphatic rings. The molecular formula is C15H18FN3O2. The Kier molecular flexibility index (Phi) is 5.19. The van der Waals surface area contributed by atoms with Crippen molar-refractivity contribution in [1.82, 2.24) is 15.3 Å². The van der Waals surface area contributed by atoms with Crippen LogP contribution in [0.3, 0.4) is 0 Å². The fourth-order valence-corrected chi connectivity index (χ4v) is 2.01. The lowest BCUT2D eigenvalue weighted by Crippen LogP contribution is -2.21. The van der Waals surface area contributed by atoms with E-state index in [4.69, 9.17) is 4.74 Å². The van der Waals surface area contributed by atoms with Gasteiger partial charge in [-0.15, -0.1) is 0 Å². The molecule has 0 unspecified atom stereocenters. The molecule has 0 spiro atoms. The Labute approximate surface area is 122 Å². The Bertz CT molecular complexity index is 670. The molecule has 2 rings (SSSR count). The minimum absolute atomic E-state index is 0.229. The molecule has 2 aromatic rings. The van der Waals surface area contributed by atoms with E-state index in [1.807, 2.05) is 0 Å². The Morgan fingerprint density at radius 1 is 1.38 bits per heavy atom. The number of hydrogen-bond acceptors (Lipinski definition) is 4. The van der Waals surface area contributed by atoms with Crippen molar-refractivity contribution in [2.75, 3.05) is 20.3 Å². The molecular weight excluding hydrogens is 273 g/mol. The Morgan fingerprint density at radius 3 is 2.90 bits per heavy atom. The van der Waals surface area contributed by atoms with Crippen LogP contribution in [0.5, 0.6) is 0 Å². The predicted molar refractivity (Wildman–Crippen MR) is 78.6 cm³/mol. The maximum Gasteiger partial charge on any atom is 0.251 e. The first-order chi connectivity index (χ1) is 10.1. The van der Waals surface area contributed by atoms with Gasteiger partial charge in [-0.3, -0.25) is 4.79 Å². The van der Waals surface area contributed by atoms with E-state index in [-0.39, 0.29) is 11.4 Å². The molecule has 5 nitrogen and oxygen atoms in total. The van der Waals surface area contributed by atoms with Gasteiger partial charge in [0.2, 0.25) is 0 Å². The molecule has 0 aliphatic heterocycles. The van der Waals surface area contributed by atoms with Gasteiger partial charge in [0.15, 0.2) is 0 Å².